The number of Topliss-reactive ketones (excluding diaryl/α,β-unsaturated/α-hetero) is 1. The lowest BCUT2D eigenvalue weighted by atomic mass is 9.72. The van der Waals surface area contributed by atoms with Crippen molar-refractivity contribution in [2.24, 2.45) is 5.73 Å². The molecule has 1 heterocycles. The molecule has 5 nitrogen and oxygen atoms in total. The van der Waals surface area contributed by atoms with Gasteiger partial charge in [-0.1, -0.05) is 42.5 Å². The average Bonchev–Trinajstić information content (AvgIpc) is 2.73. The smallest absolute Gasteiger partial charge is 0.162 e. The molecule has 2 N–H and O–H groups in total. The Kier molecular flexibility index (Phi) is 5.15. The lowest BCUT2D eigenvalue weighted by molar-refractivity contribution is -0.117. The zero-order chi connectivity index (χ0) is 21.4. The first kappa shape index (κ1) is 19.9. The molecule has 0 fully saturated rings. The maximum absolute atomic E-state index is 13.5. The second kappa shape index (κ2) is 7.77. The fourth-order valence-electron chi connectivity index (χ4n) is 4.52. The van der Waals surface area contributed by atoms with Gasteiger partial charge in [-0.05, 0) is 35.6 Å². The molecule has 2 aliphatic rings. The van der Waals surface area contributed by atoms with E-state index < -0.39 is 5.92 Å². The Morgan fingerprint density at radius 3 is 2.33 bits per heavy atom. The van der Waals surface area contributed by atoms with E-state index in [0.717, 1.165) is 11.3 Å². The molecule has 6 heteroatoms. The fourth-order valence-corrected chi connectivity index (χ4v) is 4.52. The van der Waals surface area contributed by atoms with Crippen molar-refractivity contribution in [3.63, 3.8) is 0 Å². The Balaban J connectivity index is 1.89. The first-order valence-corrected chi connectivity index (χ1v) is 9.86. The molecule has 0 amide bonds. The van der Waals surface area contributed by atoms with E-state index in [0.29, 0.717) is 35.4 Å². The van der Waals surface area contributed by atoms with Crippen LogP contribution in [0.2, 0.25) is 0 Å². The third kappa shape index (κ3) is 3.27. The van der Waals surface area contributed by atoms with Gasteiger partial charge in [0, 0.05) is 31.8 Å². The van der Waals surface area contributed by atoms with E-state index in [1.54, 1.807) is 22.2 Å². The van der Waals surface area contributed by atoms with Crippen molar-refractivity contribution < 1.29 is 9.18 Å². The molecule has 2 unspecified atom stereocenters. The lowest BCUT2D eigenvalue weighted by Crippen LogP contribution is -2.46. The molecule has 0 radical (unpaired) electrons. The summed E-state index contributed by atoms with van der Waals surface area (Å²) in [4.78, 5) is 13.4. The van der Waals surface area contributed by atoms with E-state index in [1.807, 2.05) is 44.4 Å². The number of allylic oxidation sites excluding steroid dienone is 3. The quantitative estimate of drug-likeness (QED) is 0.846. The fraction of sp³-hybridized carbons (Fsp3) is 0.250. The van der Waals surface area contributed by atoms with Crippen LogP contribution in [0.1, 0.15) is 35.8 Å². The second-order valence-electron chi connectivity index (χ2n) is 7.85. The first-order valence-electron chi connectivity index (χ1n) is 9.86. The SMILES string of the molecule is CN(C)N1C(N)=C(C#N)C(c2ccc(F)cc2)C2=C1CC(c1ccccc1)CC2=O. The molecule has 2 atom stereocenters. The molecule has 0 saturated carbocycles. The van der Waals surface area contributed by atoms with E-state index in [-0.39, 0.29) is 17.5 Å². The standard InChI is InChI=1S/C24H23FN4O/c1-28(2)29-20-12-17(15-6-4-3-5-7-15)13-21(30)23(20)22(19(14-26)24(29)27)16-8-10-18(25)11-9-16/h3-11,17,22H,12-13,27H2,1-2H3. The van der Waals surface area contributed by atoms with Gasteiger partial charge in [0.05, 0.1) is 17.6 Å². The second-order valence-corrected chi connectivity index (χ2v) is 7.85. The van der Waals surface area contributed by atoms with Gasteiger partial charge in [0.15, 0.2) is 5.78 Å². The lowest BCUT2D eigenvalue weighted by Gasteiger charge is -2.43. The Morgan fingerprint density at radius 1 is 1.07 bits per heavy atom. The predicted octanol–water partition coefficient (Wildman–Crippen LogP) is 3.80. The van der Waals surface area contributed by atoms with Crippen molar-refractivity contribution in [2.75, 3.05) is 14.1 Å². The number of hydrogen-bond donors (Lipinski definition) is 1. The van der Waals surface area contributed by atoms with Gasteiger partial charge in [-0.15, -0.1) is 0 Å². The van der Waals surface area contributed by atoms with Crippen LogP contribution in [0.4, 0.5) is 4.39 Å². The number of nitriles is 1. The van der Waals surface area contributed by atoms with E-state index in [4.69, 9.17) is 5.73 Å². The minimum absolute atomic E-state index is 0.00784. The molecule has 0 saturated heterocycles. The Hall–Kier alpha value is -3.43. The van der Waals surface area contributed by atoms with Crippen LogP contribution in [0.25, 0.3) is 0 Å². The maximum atomic E-state index is 13.5. The Bertz CT molecular complexity index is 1080. The number of carbonyl (C=O) groups excluding carboxylic acids is 1. The third-order valence-electron chi connectivity index (χ3n) is 5.81. The molecule has 0 aromatic heterocycles. The summed E-state index contributed by atoms with van der Waals surface area (Å²) in [7, 11) is 3.67. The van der Waals surface area contributed by atoms with Gasteiger partial charge in [-0.25, -0.2) is 9.40 Å². The number of benzene rings is 2. The molecular weight excluding hydrogens is 379 g/mol. The number of rotatable bonds is 3. The summed E-state index contributed by atoms with van der Waals surface area (Å²) >= 11 is 0. The van der Waals surface area contributed by atoms with Crippen LogP contribution in [0, 0.1) is 17.1 Å². The number of carbonyl (C=O) groups is 1. The normalized spacial score (nSPS) is 21.7. The number of hydrogen-bond acceptors (Lipinski definition) is 5. The van der Waals surface area contributed by atoms with Crippen molar-refractivity contribution in [2.45, 2.75) is 24.7 Å². The van der Waals surface area contributed by atoms with Crippen LogP contribution >= 0.6 is 0 Å². The molecule has 30 heavy (non-hydrogen) atoms. The van der Waals surface area contributed by atoms with Crippen LogP contribution in [0.15, 0.2) is 77.3 Å². The topological polar surface area (TPSA) is 73.4 Å². The Morgan fingerprint density at radius 2 is 1.73 bits per heavy atom. The monoisotopic (exact) mass is 402 g/mol. The van der Waals surface area contributed by atoms with E-state index in [1.165, 1.54) is 12.1 Å². The van der Waals surface area contributed by atoms with Gasteiger partial charge in [0.25, 0.3) is 0 Å². The summed E-state index contributed by atoms with van der Waals surface area (Å²) in [5.74, 6) is -0.631. The van der Waals surface area contributed by atoms with Gasteiger partial charge in [-0.2, -0.15) is 5.26 Å². The highest BCUT2D eigenvalue weighted by Crippen LogP contribution is 2.47. The molecule has 4 rings (SSSR count). The minimum atomic E-state index is -0.592. The minimum Gasteiger partial charge on any atom is -0.383 e. The summed E-state index contributed by atoms with van der Waals surface area (Å²) in [6, 6.07) is 18.1. The van der Waals surface area contributed by atoms with Gasteiger partial charge < -0.3 is 5.73 Å². The van der Waals surface area contributed by atoms with Crippen molar-refractivity contribution in [3.05, 3.63) is 94.2 Å². The van der Waals surface area contributed by atoms with Crippen molar-refractivity contribution >= 4 is 5.78 Å². The molecule has 1 aliphatic heterocycles. The summed E-state index contributed by atoms with van der Waals surface area (Å²) < 4.78 is 13.5. The molecule has 2 aromatic carbocycles. The maximum Gasteiger partial charge on any atom is 0.162 e. The molecular formula is C24H23FN4O. The predicted molar refractivity (Wildman–Crippen MR) is 112 cm³/mol. The van der Waals surface area contributed by atoms with Gasteiger partial charge in [0.2, 0.25) is 0 Å². The molecule has 1 aliphatic carbocycles. The highest BCUT2D eigenvalue weighted by atomic mass is 19.1. The average molecular weight is 402 g/mol. The number of hydrazine groups is 1. The summed E-state index contributed by atoms with van der Waals surface area (Å²) in [5.41, 5.74) is 9.92. The summed E-state index contributed by atoms with van der Waals surface area (Å²) in [6.45, 7) is 0. The van der Waals surface area contributed by atoms with Gasteiger partial charge in [-0.3, -0.25) is 9.80 Å². The molecule has 0 spiro atoms. The highest BCUT2D eigenvalue weighted by molar-refractivity contribution is 6.00. The number of halogens is 1. The summed E-state index contributed by atoms with van der Waals surface area (Å²) in [6.07, 6.45) is 0.987. The van der Waals surface area contributed by atoms with Gasteiger partial charge >= 0.3 is 0 Å². The van der Waals surface area contributed by atoms with Gasteiger partial charge in [0.1, 0.15) is 11.6 Å². The Labute approximate surface area is 175 Å². The highest BCUT2D eigenvalue weighted by Gasteiger charge is 2.43. The number of nitrogens with zero attached hydrogens (tertiary/aromatic N) is 3. The van der Waals surface area contributed by atoms with Crippen LogP contribution in [-0.2, 0) is 4.79 Å². The number of ketones is 1. The zero-order valence-corrected chi connectivity index (χ0v) is 17.0. The van der Waals surface area contributed by atoms with E-state index >= 15 is 0 Å². The molecule has 2 aromatic rings. The summed E-state index contributed by atoms with van der Waals surface area (Å²) in [5, 5.41) is 13.5. The van der Waals surface area contributed by atoms with E-state index in [2.05, 4.69) is 6.07 Å². The third-order valence-corrected chi connectivity index (χ3v) is 5.81. The number of nitrogens with two attached hydrogens (primary N) is 1. The molecule has 0 bridgehead atoms. The van der Waals surface area contributed by atoms with Crippen LogP contribution in [0.3, 0.4) is 0 Å². The van der Waals surface area contributed by atoms with Crippen LogP contribution < -0.4 is 5.73 Å². The van der Waals surface area contributed by atoms with Crippen molar-refractivity contribution in [1.29, 1.82) is 5.26 Å². The first-order chi connectivity index (χ1) is 14.4. The van der Waals surface area contributed by atoms with E-state index in [9.17, 15) is 14.4 Å². The van der Waals surface area contributed by atoms with Crippen LogP contribution in [-0.4, -0.2) is 29.9 Å². The van der Waals surface area contributed by atoms with Crippen molar-refractivity contribution in [1.82, 2.24) is 10.0 Å². The molecule has 152 valence electrons. The largest absolute Gasteiger partial charge is 0.383 e. The van der Waals surface area contributed by atoms with Crippen molar-refractivity contribution in [3.8, 4) is 6.07 Å². The van der Waals surface area contributed by atoms with Crippen LogP contribution in [0.5, 0.6) is 0 Å². The zero-order valence-electron chi connectivity index (χ0n) is 17.0.